The van der Waals surface area contributed by atoms with Crippen molar-refractivity contribution in [2.75, 3.05) is 19.5 Å². The predicted molar refractivity (Wildman–Crippen MR) is 83.1 cm³/mol. The Bertz CT molecular complexity index is 599. The van der Waals surface area contributed by atoms with Gasteiger partial charge in [0.05, 0.1) is 19.2 Å². The van der Waals surface area contributed by atoms with Crippen LogP contribution in [-0.2, 0) is 6.54 Å². The van der Waals surface area contributed by atoms with Crippen LogP contribution in [0.1, 0.15) is 11.1 Å². The third-order valence-electron chi connectivity index (χ3n) is 3.12. The Labute approximate surface area is 124 Å². The SMILES string of the molecule is COc1cc(CNc2ccccc2C)cc(Cl)c1OC. The zero-order valence-corrected chi connectivity index (χ0v) is 12.6. The maximum absolute atomic E-state index is 6.19. The summed E-state index contributed by atoms with van der Waals surface area (Å²) in [5.74, 6) is 1.20. The molecule has 0 amide bonds. The van der Waals surface area contributed by atoms with Gasteiger partial charge in [0.25, 0.3) is 0 Å². The van der Waals surface area contributed by atoms with Gasteiger partial charge >= 0.3 is 0 Å². The maximum Gasteiger partial charge on any atom is 0.179 e. The number of rotatable bonds is 5. The molecule has 20 heavy (non-hydrogen) atoms. The summed E-state index contributed by atoms with van der Waals surface area (Å²) in [7, 11) is 3.18. The Morgan fingerprint density at radius 1 is 1.10 bits per heavy atom. The van der Waals surface area contributed by atoms with Crippen molar-refractivity contribution >= 4 is 17.3 Å². The van der Waals surface area contributed by atoms with Crippen LogP contribution in [0.5, 0.6) is 11.5 Å². The number of halogens is 1. The van der Waals surface area contributed by atoms with Crippen molar-refractivity contribution in [1.82, 2.24) is 0 Å². The van der Waals surface area contributed by atoms with Crippen molar-refractivity contribution in [3.63, 3.8) is 0 Å². The molecule has 3 nitrogen and oxygen atoms in total. The van der Waals surface area contributed by atoms with Crippen LogP contribution in [0, 0.1) is 6.92 Å². The number of methoxy groups -OCH3 is 2. The van der Waals surface area contributed by atoms with Gasteiger partial charge in [0.2, 0.25) is 0 Å². The second-order valence-electron chi connectivity index (χ2n) is 4.48. The summed E-state index contributed by atoms with van der Waals surface area (Å²) in [5.41, 5.74) is 3.35. The highest BCUT2D eigenvalue weighted by molar-refractivity contribution is 6.32. The average Bonchev–Trinajstić information content (AvgIpc) is 2.45. The largest absolute Gasteiger partial charge is 0.493 e. The van der Waals surface area contributed by atoms with Crippen LogP contribution in [0.25, 0.3) is 0 Å². The molecule has 0 atom stereocenters. The molecular formula is C16H18ClNO2. The van der Waals surface area contributed by atoms with E-state index in [-0.39, 0.29) is 0 Å². The van der Waals surface area contributed by atoms with Crippen molar-refractivity contribution in [2.24, 2.45) is 0 Å². The van der Waals surface area contributed by atoms with E-state index in [1.54, 1.807) is 14.2 Å². The number of nitrogens with one attached hydrogen (secondary N) is 1. The summed E-state index contributed by atoms with van der Waals surface area (Å²) in [5, 5.41) is 3.94. The average molecular weight is 292 g/mol. The molecule has 2 aromatic carbocycles. The van der Waals surface area contributed by atoms with Crippen molar-refractivity contribution < 1.29 is 9.47 Å². The number of para-hydroxylation sites is 1. The zero-order valence-electron chi connectivity index (χ0n) is 11.9. The lowest BCUT2D eigenvalue weighted by molar-refractivity contribution is 0.355. The first-order valence-electron chi connectivity index (χ1n) is 6.35. The maximum atomic E-state index is 6.19. The van der Waals surface area contributed by atoms with E-state index >= 15 is 0 Å². The fourth-order valence-electron chi connectivity index (χ4n) is 2.04. The van der Waals surface area contributed by atoms with Crippen LogP contribution in [0.15, 0.2) is 36.4 Å². The van der Waals surface area contributed by atoms with Crippen molar-refractivity contribution in [2.45, 2.75) is 13.5 Å². The first kappa shape index (κ1) is 14.5. The normalized spacial score (nSPS) is 10.2. The molecule has 0 unspecified atom stereocenters. The first-order valence-corrected chi connectivity index (χ1v) is 6.73. The highest BCUT2D eigenvalue weighted by Crippen LogP contribution is 2.36. The van der Waals surface area contributed by atoms with Crippen LogP contribution in [-0.4, -0.2) is 14.2 Å². The van der Waals surface area contributed by atoms with E-state index in [2.05, 4.69) is 24.4 Å². The minimum Gasteiger partial charge on any atom is -0.493 e. The summed E-state index contributed by atoms with van der Waals surface area (Å²) in [6.45, 7) is 2.74. The lowest BCUT2D eigenvalue weighted by Crippen LogP contribution is -2.02. The molecule has 0 spiro atoms. The molecule has 0 fully saturated rings. The fraction of sp³-hybridized carbons (Fsp3) is 0.250. The third kappa shape index (κ3) is 3.17. The number of aryl methyl sites for hydroxylation is 1. The molecule has 0 radical (unpaired) electrons. The molecular weight excluding hydrogens is 274 g/mol. The molecule has 2 rings (SSSR count). The number of anilines is 1. The van der Waals surface area contributed by atoms with E-state index in [9.17, 15) is 0 Å². The molecule has 0 saturated heterocycles. The topological polar surface area (TPSA) is 30.5 Å². The van der Waals surface area contributed by atoms with Gasteiger partial charge in [0.15, 0.2) is 11.5 Å². The molecule has 0 aromatic heterocycles. The van der Waals surface area contributed by atoms with Crippen LogP contribution in [0.2, 0.25) is 5.02 Å². The number of ether oxygens (including phenoxy) is 2. The second kappa shape index (κ2) is 6.53. The Morgan fingerprint density at radius 2 is 1.85 bits per heavy atom. The van der Waals surface area contributed by atoms with Gasteiger partial charge in [-0.2, -0.15) is 0 Å². The van der Waals surface area contributed by atoms with Crippen LogP contribution in [0.3, 0.4) is 0 Å². The molecule has 0 aliphatic rings. The van der Waals surface area contributed by atoms with E-state index in [0.717, 1.165) is 11.3 Å². The van der Waals surface area contributed by atoms with E-state index in [1.165, 1.54) is 5.56 Å². The molecule has 0 heterocycles. The Hall–Kier alpha value is -1.87. The smallest absolute Gasteiger partial charge is 0.179 e. The molecule has 2 aromatic rings. The highest BCUT2D eigenvalue weighted by atomic mass is 35.5. The van der Waals surface area contributed by atoms with E-state index in [1.807, 2.05) is 24.3 Å². The van der Waals surface area contributed by atoms with Crippen LogP contribution in [0.4, 0.5) is 5.69 Å². The van der Waals surface area contributed by atoms with Crippen molar-refractivity contribution in [3.8, 4) is 11.5 Å². The molecule has 4 heteroatoms. The summed E-state index contributed by atoms with van der Waals surface area (Å²) in [6.07, 6.45) is 0. The fourth-order valence-corrected chi connectivity index (χ4v) is 2.35. The highest BCUT2D eigenvalue weighted by Gasteiger charge is 2.10. The van der Waals surface area contributed by atoms with Gasteiger partial charge in [-0.1, -0.05) is 29.8 Å². The summed E-state index contributed by atoms with van der Waals surface area (Å²) < 4.78 is 10.5. The van der Waals surface area contributed by atoms with Gasteiger partial charge in [-0.3, -0.25) is 0 Å². The number of hydrogen-bond acceptors (Lipinski definition) is 3. The van der Waals surface area contributed by atoms with Gasteiger partial charge in [0, 0.05) is 12.2 Å². The lowest BCUT2D eigenvalue weighted by Gasteiger charge is -2.13. The van der Waals surface area contributed by atoms with Gasteiger partial charge < -0.3 is 14.8 Å². The number of hydrogen-bond donors (Lipinski definition) is 1. The van der Waals surface area contributed by atoms with Gasteiger partial charge in [-0.05, 0) is 36.2 Å². The van der Waals surface area contributed by atoms with Gasteiger partial charge in [0.1, 0.15) is 0 Å². The van der Waals surface area contributed by atoms with Gasteiger partial charge in [-0.15, -0.1) is 0 Å². The van der Waals surface area contributed by atoms with E-state index in [0.29, 0.717) is 23.1 Å². The van der Waals surface area contributed by atoms with E-state index < -0.39 is 0 Å². The molecule has 1 N–H and O–H groups in total. The molecule has 0 aliphatic heterocycles. The molecule has 0 bridgehead atoms. The Balaban J connectivity index is 2.18. The van der Waals surface area contributed by atoms with Gasteiger partial charge in [-0.25, -0.2) is 0 Å². The summed E-state index contributed by atoms with van der Waals surface area (Å²) in [4.78, 5) is 0. The Morgan fingerprint density at radius 3 is 2.50 bits per heavy atom. The standard InChI is InChI=1S/C16H18ClNO2/c1-11-6-4-5-7-14(11)18-10-12-8-13(17)16(20-3)15(9-12)19-2/h4-9,18H,10H2,1-3H3. The van der Waals surface area contributed by atoms with Crippen LogP contribution < -0.4 is 14.8 Å². The third-order valence-corrected chi connectivity index (χ3v) is 3.40. The first-order chi connectivity index (χ1) is 9.65. The predicted octanol–water partition coefficient (Wildman–Crippen LogP) is 4.28. The zero-order chi connectivity index (χ0) is 14.5. The van der Waals surface area contributed by atoms with Crippen molar-refractivity contribution in [3.05, 3.63) is 52.5 Å². The molecule has 0 saturated carbocycles. The minimum atomic E-state index is 0.549. The minimum absolute atomic E-state index is 0.549. The Kier molecular flexibility index (Phi) is 4.74. The molecule has 0 aliphatic carbocycles. The molecule has 106 valence electrons. The lowest BCUT2D eigenvalue weighted by atomic mass is 10.1. The van der Waals surface area contributed by atoms with Crippen molar-refractivity contribution in [1.29, 1.82) is 0 Å². The van der Waals surface area contributed by atoms with E-state index in [4.69, 9.17) is 21.1 Å². The second-order valence-corrected chi connectivity index (χ2v) is 4.89. The number of benzene rings is 2. The monoisotopic (exact) mass is 291 g/mol. The summed E-state index contributed by atoms with van der Waals surface area (Å²) in [6, 6.07) is 12.0. The van der Waals surface area contributed by atoms with Crippen LogP contribution >= 0.6 is 11.6 Å². The summed E-state index contributed by atoms with van der Waals surface area (Å²) >= 11 is 6.19. The quantitative estimate of drug-likeness (QED) is 0.892.